The molecule has 4 N–H and O–H groups in total. The molecule has 142 valence electrons. The van der Waals surface area contributed by atoms with Gasteiger partial charge in [0.2, 0.25) is 22.7 Å². The van der Waals surface area contributed by atoms with Gasteiger partial charge in [-0.3, -0.25) is 4.79 Å². The Balaban J connectivity index is 2.42. The first-order valence-corrected chi connectivity index (χ1v) is 7.58. The molecule has 3 rings (SSSR count). The van der Waals surface area contributed by atoms with E-state index in [1.165, 1.54) is 33.5 Å². The average Bonchev–Trinajstić information content (AvgIpc) is 2.63. The van der Waals surface area contributed by atoms with Crippen LogP contribution in [0.15, 0.2) is 27.4 Å². The zero-order valence-corrected chi connectivity index (χ0v) is 14.6. The third-order valence-electron chi connectivity index (χ3n) is 3.98. The van der Waals surface area contributed by atoms with Crippen molar-refractivity contribution in [1.82, 2.24) is 0 Å². The van der Waals surface area contributed by atoms with E-state index in [4.69, 9.17) is 18.6 Å². The summed E-state index contributed by atoms with van der Waals surface area (Å²) in [6, 6.07) is 3.47. The van der Waals surface area contributed by atoms with E-state index >= 15 is 0 Å². The van der Waals surface area contributed by atoms with Crippen LogP contribution in [-0.4, -0.2) is 41.8 Å². The van der Waals surface area contributed by atoms with Gasteiger partial charge in [0, 0.05) is 11.6 Å². The van der Waals surface area contributed by atoms with Crippen LogP contribution >= 0.6 is 0 Å². The molecule has 27 heavy (non-hydrogen) atoms. The number of fused-ring (bicyclic) bond motifs is 1. The van der Waals surface area contributed by atoms with Crippen LogP contribution in [0.2, 0.25) is 0 Å². The van der Waals surface area contributed by atoms with E-state index in [1.54, 1.807) is 0 Å². The number of phenolic OH excluding ortho intramolecular Hbond substituents is 3. The number of ether oxygens (including phenoxy) is 3. The van der Waals surface area contributed by atoms with Crippen LogP contribution < -0.4 is 19.6 Å². The van der Waals surface area contributed by atoms with E-state index < -0.39 is 22.7 Å². The second kappa shape index (κ2) is 6.52. The van der Waals surface area contributed by atoms with Crippen LogP contribution in [-0.2, 0) is 0 Å². The Morgan fingerprint density at radius 1 is 0.815 bits per heavy atom. The molecule has 0 aliphatic heterocycles. The molecular weight excluding hydrogens is 360 g/mol. The molecule has 1 aromatic heterocycles. The van der Waals surface area contributed by atoms with Crippen molar-refractivity contribution < 1.29 is 39.1 Å². The molecule has 3 aromatic rings. The van der Waals surface area contributed by atoms with Crippen molar-refractivity contribution in [1.29, 1.82) is 0 Å². The molecule has 0 aliphatic carbocycles. The maximum Gasteiger partial charge on any atom is 0.238 e. The largest absolute Gasteiger partial charge is 0.507 e. The Kier molecular flexibility index (Phi) is 4.36. The molecule has 0 fully saturated rings. The number of aromatic hydroxyl groups is 4. The minimum absolute atomic E-state index is 0.0525. The summed E-state index contributed by atoms with van der Waals surface area (Å²) in [6.45, 7) is 0. The first-order valence-electron chi connectivity index (χ1n) is 7.58. The minimum Gasteiger partial charge on any atom is -0.507 e. The SMILES string of the molecule is COc1cc(-c2oc3c(OC)c(O)cc(O)c3c(=O)c2O)cc(O)c1OC. The van der Waals surface area contributed by atoms with Crippen LogP contribution in [0.5, 0.6) is 40.2 Å². The Morgan fingerprint density at radius 2 is 1.44 bits per heavy atom. The van der Waals surface area contributed by atoms with Crippen molar-refractivity contribution >= 4 is 11.0 Å². The molecule has 9 heteroatoms. The molecule has 0 saturated carbocycles. The Morgan fingerprint density at radius 3 is 2.04 bits per heavy atom. The van der Waals surface area contributed by atoms with Gasteiger partial charge in [-0.15, -0.1) is 0 Å². The fraction of sp³-hybridized carbons (Fsp3) is 0.167. The second-order valence-electron chi connectivity index (χ2n) is 5.49. The van der Waals surface area contributed by atoms with Gasteiger partial charge in [-0.25, -0.2) is 0 Å². The van der Waals surface area contributed by atoms with Gasteiger partial charge in [-0.2, -0.15) is 0 Å². The Bertz CT molecular complexity index is 1100. The molecule has 1 heterocycles. The van der Waals surface area contributed by atoms with Crippen molar-refractivity contribution in [2.45, 2.75) is 0 Å². The zero-order chi connectivity index (χ0) is 19.9. The lowest BCUT2D eigenvalue weighted by Gasteiger charge is -2.13. The summed E-state index contributed by atoms with van der Waals surface area (Å²) in [5.41, 5.74) is -1.13. The predicted molar refractivity (Wildman–Crippen MR) is 94.2 cm³/mol. The molecular formula is C18H16O9. The summed E-state index contributed by atoms with van der Waals surface area (Å²) in [6.07, 6.45) is 0. The third kappa shape index (κ3) is 2.69. The summed E-state index contributed by atoms with van der Waals surface area (Å²) in [5.74, 6) is -2.53. The lowest BCUT2D eigenvalue weighted by Crippen LogP contribution is -2.04. The van der Waals surface area contributed by atoms with Crippen molar-refractivity contribution in [2.75, 3.05) is 21.3 Å². The van der Waals surface area contributed by atoms with E-state index in [2.05, 4.69) is 0 Å². The smallest absolute Gasteiger partial charge is 0.238 e. The fourth-order valence-corrected chi connectivity index (χ4v) is 2.77. The Hall–Kier alpha value is -3.75. The average molecular weight is 376 g/mol. The number of hydrogen-bond acceptors (Lipinski definition) is 9. The van der Waals surface area contributed by atoms with Gasteiger partial charge in [-0.05, 0) is 12.1 Å². The number of hydrogen-bond donors (Lipinski definition) is 4. The Labute approximate surface area is 152 Å². The quantitative estimate of drug-likeness (QED) is 0.540. The van der Waals surface area contributed by atoms with E-state index in [0.717, 1.165) is 6.07 Å². The maximum absolute atomic E-state index is 12.6. The standard InChI is InChI=1S/C18H16O9/c1-24-11-5-7(4-9(20)16(11)25-2)15-14(23)13(22)12-8(19)6-10(21)17(26-3)18(12)27-15/h4-6,19-21,23H,1-3H3. The van der Waals surface area contributed by atoms with Crippen molar-refractivity contribution in [3.05, 3.63) is 28.4 Å². The highest BCUT2D eigenvalue weighted by atomic mass is 16.5. The highest BCUT2D eigenvalue weighted by molar-refractivity contribution is 5.93. The van der Waals surface area contributed by atoms with Gasteiger partial charge in [0.1, 0.15) is 11.1 Å². The normalized spacial score (nSPS) is 10.8. The monoisotopic (exact) mass is 376 g/mol. The molecule has 0 saturated heterocycles. The molecule has 0 atom stereocenters. The third-order valence-corrected chi connectivity index (χ3v) is 3.98. The molecule has 0 unspecified atom stereocenters. The molecule has 0 amide bonds. The van der Waals surface area contributed by atoms with Crippen LogP contribution in [0.25, 0.3) is 22.3 Å². The van der Waals surface area contributed by atoms with Crippen LogP contribution in [0.3, 0.4) is 0 Å². The topological polar surface area (TPSA) is 139 Å². The predicted octanol–water partition coefficient (Wildman–Crippen LogP) is 2.31. The number of rotatable bonds is 4. The van der Waals surface area contributed by atoms with Crippen molar-refractivity contribution in [3.63, 3.8) is 0 Å². The summed E-state index contributed by atoms with van der Waals surface area (Å²) >= 11 is 0. The van der Waals surface area contributed by atoms with Crippen LogP contribution in [0.1, 0.15) is 0 Å². The van der Waals surface area contributed by atoms with E-state index in [1.807, 2.05) is 0 Å². The minimum atomic E-state index is -0.948. The lowest BCUT2D eigenvalue weighted by atomic mass is 10.1. The van der Waals surface area contributed by atoms with E-state index in [-0.39, 0.29) is 45.3 Å². The zero-order valence-electron chi connectivity index (χ0n) is 14.6. The summed E-state index contributed by atoms with van der Waals surface area (Å²) in [5, 5.41) is 40.0. The van der Waals surface area contributed by atoms with E-state index in [9.17, 15) is 25.2 Å². The molecule has 0 radical (unpaired) electrons. The number of benzene rings is 2. The lowest BCUT2D eigenvalue weighted by molar-refractivity contribution is 0.333. The van der Waals surface area contributed by atoms with Crippen molar-refractivity contribution in [2.24, 2.45) is 0 Å². The van der Waals surface area contributed by atoms with Crippen molar-refractivity contribution in [3.8, 4) is 51.6 Å². The van der Waals surface area contributed by atoms with Crippen LogP contribution in [0.4, 0.5) is 0 Å². The summed E-state index contributed by atoms with van der Waals surface area (Å²) in [4.78, 5) is 12.6. The first-order chi connectivity index (χ1) is 12.8. The van der Waals surface area contributed by atoms with Gasteiger partial charge < -0.3 is 39.1 Å². The van der Waals surface area contributed by atoms with Gasteiger partial charge in [-0.1, -0.05) is 0 Å². The number of methoxy groups -OCH3 is 3. The van der Waals surface area contributed by atoms with Gasteiger partial charge in [0.15, 0.2) is 28.6 Å². The fourth-order valence-electron chi connectivity index (χ4n) is 2.77. The molecule has 9 nitrogen and oxygen atoms in total. The number of phenols is 3. The highest BCUT2D eigenvalue weighted by Gasteiger charge is 2.24. The first kappa shape index (κ1) is 18.1. The van der Waals surface area contributed by atoms with Gasteiger partial charge in [0.05, 0.1) is 21.3 Å². The molecule has 0 aliphatic rings. The molecule has 0 spiro atoms. The maximum atomic E-state index is 12.6. The van der Waals surface area contributed by atoms with Crippen LogP contribution in [0, 0.1) is 0 Å². The van der Waals surface area contributed by atoms with E-state index in [0.29, 0.717) is 0 Å². The summed E-state index contributed by atoms with van der Waals surface area (Å²) in [7, 11) is 3.91. The van der Waals surface area contributed by atoms with Gasteiger partial charge >= 0.3 is 0 Å². The molecule has 2 aromatic carbocycles. The van der Waals surface area contributed by atoms with Gasteiger partial charge in [0.25, 0.3) is 0 Å². The summed E-state index contributed by atoms with van der Waals surface area (Å²) < 4.78 is 20.8. The second-order valence-corrected chi connectivity index (χ2v) is 5.49. The highest BCUT2D eigenvalue weighted by Crippen LogP contribution is 2.45. The molecule has 0 bridgehead atoms.